The van der Waals surface area contributed by atoms with Crippen LogP contribution in [0.15, 0.2) is 42.6 Å². The Hall–Kier alpha value is -3.03. The lowest BCUT2D eigenvalue weighted by Crippen LogP contribution is -2.29. The molecule has 32 heavy (non-hydrogen) atoms. The molecular weight excluding hydrogens is 430 g/mol. The first kappa shape index (κ1) is 22.2. The van der Waals surface area contributed by atoms with Crippen molar-refractivity contribution in [2.45, 2.75) is 31.8 Å². The molecule has 168 valence electrons. The van der Waals surface area contributed by atoms with Crippen LogP contribution < -0.4 is 14.8 Å². The van der Waals surface area contributed by atoms with E-state index in [4.69, 9.17) is 21.1 Å². The quantitative estimate of drug-likeness (QED) is 0.532. The first-order valence-electron chi connectivity index (χ1n) is 10.5. The van der Waals surface area contributed by atoms with Crippen LogP contribution in [0.5, 0.6) is 11.5 Å². The number of carbonyl (C=O) groups is 1. The van der Waals surface area contributed by atoms with Gasteiger partial charge in [0, 0.05) is 23.0 Å². The van der Waals surface area contributed by atoms with E-state index in [0.717, 1.165) is 29.8 Å². The van der Waals surface area contributed by atoms with Crippen molar-refractivity contribution in [3.63, 3.8) is 0 Å². The maximum absolute atomic E-state index is 13.0. The Bertz CT molecular complexity index is 1140. The Labute approximate surface area is 191 Å². The summed E-state index contributed by atoms with van der Waals surface area (Å²) in [7, 11) is 3.09. The van der Waals surface area contributed by atoms with E-state index >= 15 is 0 Å². The number of rotatable bonds is 8. The number of methoxy groups -OCH3 is 2. The largest absolute Gasteiger partial charge is 0.497 e. The molecule has 1 fully saturated rings. The van der Waals surface area contributed by atoms with Crippen LogP contribution in [0.25, 0.3) is 5.69 Å². The van der Waals surface area contributed by atoms with Gasteiger partial charge in [0.2, 0.25) is 0 Å². The summed E-state index contributed by atoms with van der Waals surface area (Å²) in [5, 5.41) is 18.6. The molecule has 0 radical (unpaired) electrons. The van der Waals surface area contributed by atoms with Crippen LogP contribution in [-0.4, -0.2) is 41.6 Å². The van der Waals surface area contributed by atoms with E-state index in [1.807, 2.05) is 25.1 Å². The highest BCUT2D eigenvalue weighted by atomic mass is 35.5. The second-order valence-electron chi connectivity index (χ2n) is 7.90. The molecule has 1 amide bonds. The molecule has 8 heteroatoms. The van der Waals surface area contributed by atoms with E-state index in [-0.39, 0.29) is 18.4 Å². The summed E-state index contributed by atoms with van der Waals surface area (Å²) in [5.41, 5.74) is 3.72. The fourth-order valence-electron chi connectivity index (χ4n) is 3.70. The molecule has 1 aromatic heterocycles. The monoisotopic (exact) mass is 455 g/mol. The van der Waals surface area contributed by atoms with E-state index < -0.39 is 6.10 Å². The Kier molecular flexibility index (Phi) is 6.39. The summed E-state index contributed by atoms with van der Waals surface area (Å²) in [6.07, 6.45) is 2.64. The second kappa shape index (κ2) is 9.22. The Morgan fingerprint density at radius 1 is 1.25 bits per heavy atom. The van der Waals surface area contributed by atoms with E-state index in [0.29, 0.717) is 27.6 Å². The van der Waals surface area contributed by atoms with Crippen LogP contribution in [-0.2, 0) is 0 Å². The summed E-state index contributed by atoms with van der Waals surface area (Å²) >= 11 is 6.30. The van der Waals surface area contributed by atoms with Gasteiger partial charge in [-0.2, -0.15) is 5.10 Å². The van der Waals surface area contributed by atoms with Gasteiger partial charge in [-0.3, -0.25) is 4.79 Å². The molecule has 1 unspecified atom stereocenters. The molecule has 1 saturated carbocycles. The molecule has 4 rings (SSSR count). The number of hydrogen-bond donors (Lipinski definition) is 2. The van der Waals surface area contributed by atoms with Crippen molar-refractivity contribution in [2.24, 2.45) is 0 Å². The number of aliphatic hydroxyl groups excluding tert-OH is 1. The molecule has 1 heterocycles. The minimum absolute atomic E-state index is 0.0218. The van der Waals surface area contributed by atoms with Crippen molar-refractivity contribution in [3.8, 4) is 17.2 Å². The maximum atomic E-state index is 13.0. The van der Waals surface area contributed by atoms with Gasteiger partial charge in [0.05, 0.1) is 37.4 Å². The first-order valence-corrected chi connectivity index (χ1v) is 10.8. The molecule has 0 spiro atoms. The third-order valence-electron chi connectivity index (χ3n) is 5.67. The average molecular weight is 456 g/mol. The molecule has 1 atom stereocenters. The van der Waals surface area contributed by atoms with Crippen LogP contribution in [0.3, 0.4) is 0 Å². The van der Waals surface area contributed by atoms with Crippen molar-refractivity contribution in [2.75, 3.05) is 20.8 Å². The highest BCUT2D eigenvalue weighted by Crippen LogP contribution is 2.42. The van der Waals surface area contributed by atoms with Gasteiger partial charge >= 0.3 is 0 Å². The second-order valence-corrected chi connectivity index (χ2v) is 8.30. The molecule has 1 aliphatic rings. The fourth-order valence-corrected chi connectivity index (χ4v) is 3.87. The van der Waals surface area contributed by atoms with E-state index in [1.165, 1.54) is 7.11 Å². The predicted octanol–water partition coefficient (Wildman–Crippen LogP) is 4.19. The number of aliphatic hydroxyl groups is 1. The number of aromatic nitrogens is 2. The minimum Gasteiger partial charge on any atom is -0.497 e. The van der Waals surface area contributed by atoms with Gasteiger partial charge in [0.15, 0.2) is 0 Å². The number of hydrogen-bond acceptors (Lipinski definition) is 5. The van der Waals surface area contributed by atoms with Crippen molar-refractivity contribution in [1.29, 1.82) is 0 Å². The highest BCUT2D eigenvalue weighted by Gasteiger charge is 2.33. The summed E-state index contributed by atoms with van der Waals surface area (Å²) in [6.45, 7) is 1.96. The molecule has 1 aliphatic carbocycles. The number of halogens is 1. The number of aryl methyl sites for hydroxylation is 1. The van der Waals surface area contributed by atoms with Crippen molar-refractivity contribution < 1.29 is 19.4 Å². The molecule has 7 nitrogen and oxygen atoms in total. The van der Waals surface area contributed by atoms with Crippen LogP contribution >= 0.6 is 11.6 Å². The van der Waals surface area contributed by atoms with Crippen LogP contribution in [0.2, 0.25) is 5.02 Å². The molecule has 2 aromatic carbocycles. The van der Waals surface area contributed by atoms with Crippen molar-refractivity contribution in [3.05, 3.63) is 70.0 Å². The average Bonchev–Trinajstić information content (AvgIpc) is 3.56. The van der Waals surface area contributed by atoms with Crippen molar-refractivity contribution in [1.82, 2.24) is 15.1 Å². The summed E-state index contributed by atoms with van der Waals surface area (Å²) in [4.78, 5) is 13.0. The third kappa shape index (κ3) is 4.45. The van der Waals surface area contributed by atoms with Gasteiger partial charge in [-0.15, -0.1) is 0 Å². The van der Waals surface area contributed by atoms with Crippen LogP contribution in [0.1, 0.15) is 52.0 Å². The standard InChI is InChI=1S/C24H26ClN3O4/c1-14-4-7-16(10-20(14)25)28-23(15-5-6-15)19(12-27-28)24(30)26-13-21(29)18-11-17(31-2)8-9-22(18)32-3/h4,7-12,15,21,29H,5-6,13H2,1-3H3,(H,26,30). The number of carbonyl (C=O) groups excluding carboxylic acids is 1. The van der Waals surface area contributed by atoms with Gasteiger partial charge in [-0.05, 0) is 55.7 Å². The lowest BCUT2D eigenvalue weighted by atomic mass is 10.1. The summed E-state index contributed by atoms with van der Waals surface area (Å²) < 4.78 is 12.4. The Morgan fingerprint density at radius 2 is 2.03 bits per heavy atom. The van der Waals surface area contributed by atoms with Gasteiger partial charge in [0.25, 0.3) is 5.91 Å². The minimum atomic E-state index is -0.959. The van der Waals surface area contributed by atoms with E-state index in [2.05, 4.69) is 10.4 Å². The Morgan fingerprint density at radius 3 is 2.69 bits per heavy atom. The maximum Gasteiger partial charge on any atom is 0.254 e. The third-order valence-corrected chi connectivity index (χ3v) is 6.07. The first-order chi connectivity index (χ1) is 15.4. The topological polar surface area (TPSA) is 85.6 Å². The number of ether oxygens (including phenoxy) is 2. The van der Waals surface area contributed by atoms with Crippen LogP contribution in [0, 0.1) is 6.92 Å². The number of amides is 1. The van der Waals surface area contributed by atoms with Gasteiger partial charge in [-0.1, -0.05) is 17.7 Å². The molecule has 3 aromatic rings. The molecule has 0 bridgehead atoms. The smallest absolute Gasteiger partial charge is 0.254 e. The van der Waals surface area contributed by atoms with E-state index in [1.54, 1.807) is 36.2 Å². The van der Waals surface area contributed by atoms with E-state index in [9.17, 15) is 9.90 Å². The molecular formula is C24H26ClN3O4. The molecule has 0 aliphatic heterocycles. The summed E-state index contributed by atoms with van der Waals surface area (Å²) in [5.74, 6) is 1.12. The summed E-state index contributed by atoms with van der Waals surface area (Å²) in [6, 6.07) is 10.9. The van der Waals surface area contributed by atoms with Gasteiger partial charge in [-0.25, -0.2) is 4.68 Å². The van der Waals surface area contributed by atoms with Gasteiger partial charge in [0.1, 0.15) is 17.6 Å². The number of nitrogens with one attached hydrogen (secondary N) is 1. The number of benzene rings is 2. The predicted molar refractivity (Wildman–Crippen MR) is 122 cm³/mol. The zero-order chi connectivity index (χ0) is 22.8. The fraction of sp³-hybridized carbons (Fsp3) is 0.333. The van der Waals surface area contributed by atoms with Gasteiger partial charge < -0.3 is 19.9 Å². The SMILES string of the molecule is COc1ccc(OC)c(C(O)CNC(=O)c2cnn(-c3ccc(C)c(Cl)c3)c2C2CC2)c1. The van der Waals surface area contributed by atoms with Crippen molar-refractivity contribution >= 4 is 17.5 Å². The zero-order valence-electron chi connectivity index (χ0n) is 18.3. The lowest BCUT2D eigenvalue weighted by Gasteiger charge is -2.17. The zero-order valence-corrected chi connectivity index (χ0v) is 19.0. The van der Waals surface area contributed by atoms with Crippen LogP contribution in [0.4, 0.5) is 0 Å². The highest BCUT2D eigenvalue weighted by molar-refractivity contribution is 6.31. The number of nitrogens with zero attached hydrogens (tertiary/aromatic N) is 2. The molecule has 0 saturated heterocycles. The lowest BCUT2D eigenvalue weighted by molar-refractivity contribution is 0.0913. The molecule has 2 N–H and O–H groups in total. The normalized spacial score (nSPS) is 14.2. The Balaban J connectivity index is 1.54.